The van der Waals surface area contributed by atoms with Gasteiger partial charge in [-0.2, -0.15) is 8.78 Å². The average molecular weight is 270 g/mol. The lowest BCUT2D eigenvalue weighted by Gasteiger charge is -2.32. The molecule has 0 spiro atoms. The number of alkyl halides is 2. The summed E-state index contributed by atoms with van der Waals surface area (Å²) in [5, 5.41) is 3.29. The first-order valence-electron chi connectivity index (χ1n) is 6.61. The molecule has 1 heterocycles. The van der Waals surface area contributed by atoms with Crippen molar-refractivity contribution in [3.8, 4) is 5.75 Å². The molecule has 0 amide bonds. The number of hydrogen-bond acceptors (Lipinski definition) is 3. The van der Waals surface area contributed by atoms with Crippen LogP contribution in [0.5, 0.6) is 5.75 Å². The molecule has 106 valence electrons. The van der Waals surface area contributed by atoms with Crippen LogP contribution in [0.25, 0.3) is 0 Å². The second kappa shape index (κ2) is 6.82. The van der Waals surface area contributed by atoms with Gasteiger partial charge in [0.1, 0.15) is 5.75 Å². The van der Waals surface area contributed by atoms with E-state index in [1.54, 1.807) is 18.2 Å². The van der Waals surface area contributed by atoms with Crippen molar-refractivity contribution in [1.82, 2.24) is 10.2 Å². The van der Waals surface area contributed by atoms with Crippen LogP contribution >= 0.6 is 0 Å². The standard InChI is InChI=1S/C14H20F2N2O/c1-17-12-5-3-7-18(10-12)9-11-4-2-6-13(8-11)19-14(15)16/h2,4,6,8,12,14,17H,3,5,7,9-10H2,1H3. The Kier molecular flexibility index (Phi) is 5.10. The van der Waals surface area contributed by atoms with Crippen molar-refractivity contribution in [1.29, 1.82) is 0 Å². The summed E-state index contributed by atoms with van der Waals surface area (Å²) in [5.41, 5.74) is 1.01. The summed E-state index contributed by atoms with van der Waals surface area (Å²) in [5.74, 6) is 0.231. The van der Waals surface area contributed by atoms with E-state index in [2.05, 4.69) is 15.0 Å². The Hall–Kier alpha value is -1.20. The highest BCUT2D eigenvalue weighted by molar-refractivity contribution is 5.28. The second-order valence-corrected chi connectivity index (χ2v) is 4.89. The quantitative estimate of drug-likeness (QED) is 0.889. The summed E-state index contributed by atoms with van der Waals surface area (Å²) >= 11 is 0. The molecule has 1 aliphatic rings. The van der Waals surface area contributed by atoms with Gasteiger partial charge in [-0.05, 0) is 44.1 Å². The zero-order chi connectivity index (χ0) is 13.7. The van der Waals surface area contributed by atoms with Gasteiger partial charge in [0.25, 0.3) is 0 Å². The van der Waals surface area contributed by atoms with Crippen molar-refractivity contribution in [2.75, 3.05) is 20.1 Å². The van der Waals surface area contributed by atoms with Crippen molar-refractivity contribution in [2.45, 2.75) is 32.0 Å². The Morgan fingerprint density at radius 2 is 2.32 bits per heavy atom. The minimum absolute atomic E-state index is 0.231. The molecular weight excluding hydrogens is 250 g/mol. The minimum atomic E-state index is -2.76. The lowest BCUT2D eigenvalue weighted by atomic mass is 10.1. The molecule has 0 aromatic heterocycles. The van der Waals surface area contributed by atoms with Gasteiger partial charge in [-0.15, -0.1) is 0 Å². The number of likely N-dealkylation sites (N-methyl/N-ethyl adjacent to an activating group) is 1. The molecule has 1 N–H and O–H groups in total. The van der Waals surface area contributed by atoms with E-state index < -0.39 is 6.61 Å². The SMILES string of the molecule is CNC1CCCN(Cc2cccc(OC(F)F)c2)C1. The monoisotopic (exact) mass is 270 g/mol. The van der Waals surface area contributed by atoms with Gasteiger partial charge in [0.2, 0.25) is 0 Å². The third-order valence-electron chi connectivity index (χ3n) is 3.44. The van der Waals surface area contributed by atoms with Gasteiger partial charge in [-0.3, -0.25) is 4.90 Å². The van der Waals surface area contributed by atoms with E-state index >= 15 is 0 Å². The van der Waals surface area contributed by atoms with Crippen LogP contribution in [0.1, 0.15) is 18.4 Å². The Morgan fingerprint density at radius 3 is 3.05 bits per heavy atom. The van der Waals surface area contributed by atoms with Crippen LogP contribution in [-0.4, -0.2) is 37.7 Å². The summed E-state index contributed by atoms with van der Waals surface area (Å²) in [7, 11) is 1.98. The molecule has 1 aromatic carbocycles. The maximum absolute atomic E-state index is 12.2. The van der Waals surface area contributed by atoms with E-state index in [0.717, 1.165) is 25.2 Å². The van der Waals surface area contributed by atoms with Gasteiger partial charge in [0.05, 0.1) is 0 Å². The summed E-state index contributed by atoms with van der Waals surface area (Å²) in [6.07, 6.45) is 2.36. The summed E-state index contributed by atoms with van der Waals surface area (Å²) in [4.78, 5) is 2.34. The number of nitrogens with one attached hydrogen (secondary N) is 1. The molecule has 1 saturated heterocycles. The van der Waals surface area contributed by atoms with Gasteiger partial charge in [0, 0.05) is 19.1 Å². The molecule has 0 saturated carbocycles. The number of benzene rings is 1. The maximum atomic E-state index is 12.2. The molecule has 5 heteroatoms. The first kappa shape index (κ1) is 14.2. The molecule has 1 unspecified atom stereocenters. The molecular formula is C14H20F2N2O. The van der Waals surface area contributed by atoms with Crippen molar-refractivity contribution >= 4 is 0 Å². The number of nitrogens with zero attached hydrogens (tertiary/aromatic N) is 1. The molecule has 0 radical (unpaired) electrons. The normalized spacial score (nSPS) is 20.7. The molecule has 3 nitrogen and oxygen atoms in total. The summed E-state index contributed by atoms with van der Waals surface area (Å²) in [6, 6.07) is 7.47. The lowest BCUT2D eigenvalue weighted by molar-refractivity contribution is -0.0499. The topological polar surface area (TPSA) is 24.5 Å². The van der Waals surface area contributed by atoms with Crippen molar-refractivity contribution in [3.05, 3.63) is 29.8 Å². The number of piperidine rings is 1. The number of hydrogen-bond donors (Lipinski definition) is 1. The summed E-state index contributed by atoms with van der Waals surface area (Å²) < 4.78 is 28.8. The van der Waals surface area contributed by atoms with Crippen LogP contribution < -0.4 is 10.1 Å². The fourth-order valence-corrected chi connectivity index (χ4v) is 2.51. The van der Waals surface area contributed by atoms with Crippen molar-refractivity contribution in [3.63, 3.8) is 0 Å². The van der Waals surface area contributed by atoms with Gasteiger partial charge in [-0.1, -0.05) is 12.1 Å². The zero-order valence-electron chi connectivity index (χ0n) is 11.1. The highest BCUT2D eigenvalue weighted by atomic mass is 19.3. The zero-order valence-corrected chi connectivity index (χ0v) is 11.1. The largest absolute Gasteiger partial charge is 0.435 e. The maximum Gasteiger partial charge on any atom is 0.387 e. The van der Waals surface area contributed by atoms with Gasteiger partial charge in [0.15, 0.2) is 0 Å². The Labute approximate surface area is 112 Å². The van der Waals surface area contributed by atoms with E-state index in [-0.39, 0.29) is 5.75 Å². The highest BCUT2D eigenvalue weighted by Gasteiger charge is 2.18. The first-order valence-corrected chi connectivity index (χ1v) is 6.61. The second-order valence-electron chi connectivity index (χ2n) is 4.89. The highest BCUT2D eigenvalue weighted by Crippen LogP contribution is 2.19. The predicted octanol–water partition coefficient (Wildman–Crippen LogP) is 2.47. The molecule has 0 aliphatic carbocycles. The molecule has 1 fully saturated rings. The Balaban J connectivity index is 1.94. The van der Waals surface area contributed by atoms with E-state index in [4.69, 9.17) is 0 Å². The summed E-state index contributed by atoms with van der Waals surface area (Å²) in [6.45, 7) is 0.0617. The van der Waals surface area contributed by atoms with Gasteiger partial charge >= 0.3 is 6.61 Å². The number of ether oxygens (including phenoxy) is 1. The van der Waals surface area contributed by atoms with Gasteiger partial charge in [-0.25, -0.2) is 0 Å². The third kappa shape index (κ3) is 4.44. The van der Waals surface area contributed by atoms with Crippen LogP contribution in [0, 0.1) is 0 Å². The van der Waals surface area contributed by atoms with E-state index in [9.17, 15) is 8.78 Å². The van der Waals surface area contributed by atoms with E-state index in [1.807, 2.05) is 13.1 Å². The molecule has 1 aromatic rings. The fraction of sp³-hybridized carbons (Fsp3) is 0.571. The van der Waals surface area contributed by atoms with E-state index in [1.165, 1.54) is 12.8 Å². The average Bonchev–Trinajstić information content (AvgIpc) is 2.38. The lowest BCUT2D eigenvalue weighted by Crippen LogP contribution is -2.43. The molecule has 1 aliphatic heterocycles. The molecule has 19 heavy (non-hydrogen) atoms. The van der Waals surface area contributed by atoms with E-state index in [0.29, 0.717) is 6.04 Å². The Morgan fingerprint density at radius 1 is 1.47 bits per heavy atom. The number of likely N-dealkylation sites (tertiary alicyclic amines) is 1. The number of halogens is 2. The third-order valence-corrected chi connectivity index (χ3v) is 3.44. The van der Waals surface area contributed by atoms with Crippen LogP contribution in [0.2, 0.25) is 0 Å². The molecule has 2 rings (SSSR count). The van der Waals surface area contributed by atoms with Crippen LogP contribution in [0.3, 0.4) is 0 Å². The van der Waals surface area contributed by atoms with Crippen LogP contribution in [-0.2, 0) is 6.54 Å². The predicted molar refractivity (Wildman–Crippen MR) is 70.4 cm³/mol. The van der Waals surface area contributed by atoms with Crippen molar-refractivity contribution < 1.29 is 13.5 Å². The molecule has 0 bridgehead atoms. The van der Waals surface area contributed by atoms with Crippen LogP contribution in [0.4, 0.5) is 8.78 Å². The minimum Gasteiger partial charge on any atom is -0.435 e. The fourth-order valence-electron chi connectivity index (χ4n) is 2.51. The molecule has 1 atom stereocenters. The smallest absolute Gasteiger partial charge is 0.387 e. The Bertz CT molecular complexity index is 401. The van der Waals surface area contributed by atoms with Crippen LogP contribution in [0.15, 0.2) is 24.3 Å². The first-order chi connectivity index (χ1) is 9.17. The van der Waals surface area contributed by atoms with Gasteiger partial charge < -0.3 is 10.1 Å². The van der Waals surface area contributed by atoms with Crippen molar-refractivity contribution in [2.24, 2.45) is 0 Å². The number of rotatable bonds is 5.